The Balaban J connectivity index is 1.34. The number of carbonyl (C=O) groups excluding carboxylic acids is 3. The SMILES string of the molecule is CC1CCCC(NC(=O)C2N(Cc3ccccc3F)C(=O)[C@H]3C(C(=O)Nc4ccc(F)c(Cl)c4)[C@H]4C=CC23O4)C1C. The number of rotatable bonds is 6. The second kappa shape index (κ2) is 10.5. The number of amides is 3. The van der Waals surface area contributed by atoms with E-state index in [4.69, 9.17) is 16.3 Å². The predicted octanol–water partition coefficient (Wildman–Crippen LogP) is 4.85. The second-order valence-corrected chi connectivity index (χ2v) is 12.2. The molecule has 3 aliphatic heterocycles. The molecule has 0 aromatic heterocycles. The molecule has 4 aliphatic rings. The molecule has 2 saturated heterocycles. The van der Waals surface area contributed by atoms with Gasteiger partial charge in [0.2, 0.25) is 17.7 Å². The zero-order valence-electron chi connectivity index (χ0n) is 22.8. The molecule has 2 aromatic carbocycles. The number of halogens is 3. The Morgan fingerprint density at radius 1 is 1.10 bits per heavy atom. The maximum atomic E-state index is 14.8. The number of nitrogens with zero attached hydrogens (tertiary/aromatic N) is 1. The molecule has 6 rings (SSSR count). The summed E-state index contributed by atoms with van der Waals surface area (Å²) in [5.74, 6) is -3.73. The van der Waals surface area contributed by atoms with Crippen molar-refractivity contribution in [3.63, 3.8) is 0 Å². The van der Waals surface area contributed by atoms with Gasteiger partial charge >= 0.3 is 0 Å². The molecule has 8 atom stereocenters. The maximum Gasteiger partial charge on any atom is 0.246 e. The zero-order chi connectivity index (χ0) is 29.1. The number of nitrogens with one attached hydrogen (secondary N) is 2. The largest absolute Gasteiger partial charge is 0.359 e. The van der Waals surface area contributed by atoms with Crippen LogP contribution < -0.4 is 10.6 Å². The average molecular weight is 584 g/mol. The average Bonchev–Trinajstić information content (AvgIpc) is 3.58. The van der Waals surface area contributed by atoms with Crippen molar-refractivity contribution in [3.05, 3.63) is 76.8 Å². The fourth-order valence-electron chi connectivity index (χ4n) is 7.09. The van der Waals surface area contributed by atoms with Crippen molar-refractivity contribution in [2.45, 2.75) is 63.4 Å². The molecule has 2 bridgehead atoms. The first-order valence-electron chi connectivity index (χ1n) is 14.1. The van der Waals surface area contributed by atoms with Crippen LogP contribution in [0.15, 0.2) is 54.6 Å². The lowest BCUT2D eigenvalue weighted by atomic mass is 9.73. The van der Waals surface area contributed by atoms with Gasteiger partial charge in [-0.3, -0.25) is 14.4 Å². The van der Waals surface area contributed by atoms with E-state index in [-0.39, 0.29) is 40.7 Å². The van der Waals surface area contributed by atoms with E-state index in [9.17, 15) is 23.2 Å². The van der Waals surface area contributed by atoms with E-state index in [0.717, 1.165) is 25.3 Å². The highest BCUT2D eigenvalue weighted by Crippen LogP contribution is 2.55. The molecule has 6 unspecified atom stereocenters. The van der Waals surface area contributed by atoms with Crippen LogP contribution >= 0.6 is 11.6 Å². The molecule has 41 heavy (non-hydrogen) atoms. The molecular formula is C31H32ClF2N3O4. The first-order chi connectivity index (χ1) is 19.6. The fourth-order valence-corrected chi connectivity index (χ4v) is 7.28. The first-order valence-corrected chi connectivity index (χ1v) is 14.5. The van der Waals surface area contributed by atoms with Crippen LogP contribution in [0.3, 0.4) is 0 Å². The van der Waals surface area contributed by atoms with Crippen LogP contribution in [0.25, 0.3) is 0 Å². The van der Waals surface area contributed by atoms with E-state index < -0.39 is 53.0 Å². The second-order valence-electron chi connectivity index (χ2n) is 11.8. The molecule has 10 heteroatoms. The summed E-state index contributed by atoms with van der Waals surface area (Å²) in [4.78, 5) is 43.2. The molecule has 216 valence electrons. The van der Waals surface area contributed by atoms with E-state index in [1.165, 1.54) is 23.1 Å². The third-order valence-corrected chi connectivity index (χ3v) is 9.73. The summed E-state index contributed by atoms with van der Waals surface area (Å²) in [7, 11) is 0. The normalized spacial score (nSPS) is 33.6. The van der Waals surface area contributed by atoms with Crippen LogP contribution in [0, 0.1) is 35.3 Å². The number of likely N-dealkylation sites (tertiary alicyclic amines) is 1. The van der Waals surface area contributed by atoms with Crippen LogP contribution in [0.2, 0.25) is 5.02 Å². The summed E-state index contributed by atoms with van der Waals surface area (Å²) in [5.41, 5.74) is -0.857. The van der Waals surface area contributed by atoms with Gasteiger partial charge in [-0.15, -0.1) is 0 Å². The van der Waals surface area contributed by atoms with Crippen molar-refractivity contribution in [2.75, 3.05) is 5.32 Å². The molecule has 3 amide bonds. The smallest absolute Gasteiger partial charge is 0.246 e. The van der Waals surface area contributed by atoms with Crippen molar-refractivity contribution >= 4 is 35.0 Å². The highest BCUT2D eigenvalue weighted by molar-refractivity contribution is 6.31. The van der Waals surface area contributed by atoms with Crippen molar-refractivity contribution in [2.24, 2.45) is 23.7 Å². The molecule has 3 fully saturated rings. The number of benzene rings is 2. The minimum absolute atomic E-state index is 0.0722. The topological polar surface area (TPSA) is 87.7 Å². The summed E-state index contributed by atoms with van der Waals surface area (Å²) in [6, 6.07) is 8.75. The van der Waals surface area contributed by atoms with Crippen molar-refractivity contribution in [1.82, 2.24) is 10.2 Å². The number of carbonyl (C=O) groups is 3. The van der Waals surface area contributed by atoms with Crippen molar-refractivity contribution in [1.29, 1.82) is 0 Å². The number of anilines is 1. The highest BCUT2D eigenvalue weighted by atomic mass is 35.5. The lowest BCUT2D eigenvalue weighted by Crippen LogP contribution is -2.57. The Morgan fingerprint density at radius 2 is 1.88 bits per heavy atom. The third-order valence-electron chi connectivity index (χ3n) is 9.45. The van der Waals surface area contributed by atoms with Gasteiger partial charge in [-0.1, -0.05) is 68.6 Å². The first kappa shape index (κ1) is 27.8. The van der Waals surface area contributed by atoms with Crippen molar-refractivity contribution < 1.29 is 27.9 Å². The molecule has 2 aromatic rings. The van der Waals surface area contributed by atoms with Crippen LogP contribution in [0.1, 0.15) is 38.7 Å². The van der Waals surface area contributed by atoms with Crippen LogP contribution in [-0.2, 0) is 25.7 Å². The Morgan fingerprint density at radius 3 is 2.63 bits per heavy atom. The zero-order valence-corrected chi connectivity index (χ0v) is 23.5. The molecule has 2 N–H and O–H groups in total. The van der Waals surface area contributed by atoms with Gasteiger partial charge in [-0.2, -0.15) is 0 Å². The lowest BCUT2D eigenvalue weighted by Gasteiger charge is -2.38. The molecule has 1 aliphatic carbocycles. The fraction of sp³-hybridized carbons (Fsp3) is 0.452. The molecule has 1 spiro atoms. The van der Waals surface area contributed by atoms with E-state index in [1.807, 2.05) is 0 Å². The van der Waals surface area contributed by atoms with Gasteiger partial charge in [0.15, 0.2) is 0 Å². The Kier molecular flexibility index (Phi) is 7.14. The number of hydrogen-bond acceptors (Lipinski definition) is 4. The molecular weight excluding hydrogens is 552 g/mol. The van der Waals surface area contributed by atoms with Gasteiger partial charge in [0.1, 0.15) is 23.3 Å². The third kappa shape index (κ3) is 4.63. The predicted molar refractivity (Wildman–Crippen MR) is 149 cm³/mol. The van der Waals surface area contributed by atoms with Gasteiger partial charge in [0.05, 0.1) is 23.0 Å². The highest BCUT2D eigenvalue weighted by Gasteiger charge is 2.72. The maximum absolute atomic E-state index is 14.8. The van der Waals surface area contributed by atoms with Crippen LogP contribution in [0.4, 0.5) is 14.5 Å². The van der Waals surface area contributed by atoms with Gasteiger partial charge in [0.25, 0.3) is 0 Å². The Hall–Kier alpha value is -3.30. The quantitative estimate of drug-likeness (QED) is 0.476. The lowest BCUT2D eigenvalue weighted by molar-refractivity contribution is -0.142. The molecule has 0 radical (unpaired) electrons. The Bertz CT molecular complexity index is 1440. The molecule has 7 nitrogen and oxygen atoms in total. The van der Waals surface area contributed by atoms with Crippen LogP contribution in [-0.4, -0.2) is 46.4 Å². The van der Waals surface area contributed by atoms with Gasteiger partial charge < -0.3 is 20.3 Å². The van der Waals surface area contributed by atoms with Crippen molar-refractivity contribution in [3.8, 4) is 0 Å². The van der Waals surface area contributed by atoms with E-state index in [1.54, 1.807) is 30.4 Å². The van der Waals surface area contributed by atoms with Gasteiger partial charge in [0, 0.05) is 23.8 Å². The molecule has 3 heterocycles. The van der Waals surface area contributed by atoms with E-state index in [2.05, 4.69) is 24.5 Å². The van der Waals surface area contributed by atoms with E-state index >= 15 is 0 Å². The number of hydrogen-bond donors (Lipinski definition) is 2. The Labute approximate surface area is 242 Å². The van der Waals surface area contributed by atoms with Crippen LogP contribution in [0.5, 0.6) is 0 Å². The minimum atomic E-state index is -1.39. The summed E-state index contributed by atoms with van der Waals surface area (Å²) < 4.78 is 34.8. The summed E-state index contributed by atoms with van der Waals surface area (Å²) >= 11 is 5.90. The number of fused-ring (bicyclic) bond motifs is 1. The summed E-state index contributed by atoms with van der Waals surface area (Å²) in [6.45, 7) is 4.14. The molecule has 1 saturated carbocycles. The standard InChI is InChI=1S/C31H32ClF2N3O4/c1-16-6-5-9-23(17(16)2)36-29(39)27-31-13-12-24(41-31)25(28(38)35-19-10-11-22(34)20(32)14-19)26(31)30(40)37(27)15-18-7-3-4-8-21(18)33/h3-4,7-8,10-14,16-17,23-27H,5-6,9,15H2,1-2H3,(H,35,38)(H,36,39)/t16?,17?,23?,24-,25?,26-,27?,31?/m1/s1. The van der Waals surface area contributed by atoms with E-state index in [0.29, 0.717) is 5.92 Å². The number of ether oxygens (including phenoxy) is 1. The monoisotopic (exact) mass is 583 g/mol. The summed E-state index contributed by atoms with van der Waals surface area (Å²) in [5, 5.41) is 5.76. The van der Waals surface area contributed by atoms with Gasteiger partial charge in [-0.05, 0) is 42.5 Å². The summed E-state index contributed by atoms with van der Waals surface area (Å²) in [6.07, 6.45) is 5.60. The minimum Gasteiger partial charge on any atom is -0.359 e. The van der Waals surface area contributed by atoms with Gasteiger partial charge in [-0.25, -0.2) is 8.78 Å².